The Balaban J connectivity index is 2.12. The molecule has 0 fully saturated rings. The molecule has 0 saturated carbocycles. The van der Waals surface area contributed by atoms with E-state index in [-0.39, 0.29) is 22.0 Å². The van der Waals surface area contributed by atoms with Crippen molar-refractivity contribution in [1.82, 2.24) is 0 Å². The van der Waals surface area contributed by atoms with Crippen molar-refractivity contribution >= 4 is 28.5 Å². The molecule has 1 aliphatic rings. The van der Waals surface area contributed by atoms with E-state index in [2.05, 4.69) is 4.99 Å². The fourth-order valence-electron chi connectivity index (χ4n) is 1.54. The number of nitrogens with two attached hydrogens (primary N) is 1. The van der Waals surface area contributed by atoms with Crippen molar-refractivity contribution in [2.75, 3.05) is 0 Å². The van der Waals surface area contributed by atoms with Gasteiger partial charge in [0.25, 0.3) is 11.6 Å². The van der Waals surface area contributed by atoms with Gasteiger partial charge in [-0.1, -0.05) is 23.9 Å². The Morgan fingerprint density at radius 1 is 1.53 bits per heavy atom. The first kappa shape index (κ1) is 11.6. The Morgan fingerprint density at radius 3 is 2.88 bits per heavy atom. The summed E-state index contributed by atoms with van der Waals surface area (Å²) in [5, 5.41) is 10.5. The number of nitro benzene ring substituents is 1. The number of amidine groups is 1. The van der Waals surface area contributed by atoms with Gasteiger partial charge in [0.15, 0.2) is 5.17 Å². The third-order valence-corrected chi connectivity index (χ3v) is 3.29. The summed E-state index contributed by atoms with van der Waals surface area (Å²) < 4.78 is 0. The van der Waals surface area contributed by atoms with Gasteiger partial charge in [0.05, 0.1) is 10.2 Å². The minimum atomic E-state index is -0.460. The van der Waals surface area contributed by atoms with Crippen LogP contribution in [0.4, 0.5) is 5.69 Å². The Morgan fingerprint density at radius 2 is 2.29 bits per heavy atom. The lowest BCUT2D eigenvalue weighted by atomic mass is 10.1. The summed E-state index contributed by atoms with van der Waals surface area (Å²) in [7, 11) is 0. The van der Waals surface area contributed by atoms with E-state index in [9.17, 15) is 14.9 Å². The highest BCUT2D eigenvalue weighted by Gasteiger charge is 2.27. The van der Waals surface area contributed by atoms with Crippen molar-refractivity contribution < 1.29 is 9.72 Å². The summed E-state index contributed by atoms with van der Waals surface area (Å²) in [6.45, 7) is 0. The Labute approximate surface area is 101 Å². The second-order valence-corrected chi connectivity index (χ2v) is 4.75. The van der Waals surface area contributed by atoms with Crippen LogP contribution in [0.5, 0.6) is 0 Å². The first-order valence-electron chi connectivity index (χ1n) is 4.84. The zero-order valence-corrected chi connectivity index (χ0v) is 9.52. The van der Waals surface area contributed by atoms with Crippen molar-refractivity contribution in [1.29, 1.82) is 0 Å². The molecule has 0 saturated heterocycles. The Kier molecular flexibility index (Phi) is 3.10. The van der Waals surface area contributed by atoms with Crippen LogP contribution >= 0.6 is 11.8 Å². The number of amides is 1. The molecule has 1 aromatic carbocycles. The Hall–Kier alpha value is -1.89. The highest BCUT2D eigenvalue weighted by Crippen LogP contribution is 2.24. The molecule has 2 N–H and O–H groups in total. The molecule has 2 rings (SSSR count). The summed E-state index contributed by atoms with van der Waals surface area (Å²) >= 11 is 1.19. The van der Waals surface area contributed by atoms with Crippen LogP contribution < -0.4 is 5.73 Å². The molecule has 6 nitrogen and oxygen atoms in total. The number of hydrogen-bond acceptors (Lipinski definition) is 5. The quantitative estimate of drug-likeness (QED) is 0.640. The summed E-state index contributed by atoms with van der Waals surface area (Å²) in [5.74, 6) is -0.279. The van der Waals surface area contributed by atoms with E-state index in [4.69, 9.17) is 5.73 Å². The standard InChI is InChI=1S/C10H9N3O3S/c11-10-12-9(14)8(17-10)5-6-2-1-3-7(4-6)13(15)16/h1-4,8H,5H2,(H2,11,12,14)/t8-/m0/s1. The summed E-state index contributed by atoms with van der Waals surface area (Å²) in [6, 6.07) is 6.22. The molecule has 0 spiro atoms. The number of nitro groups is 1. The van der Waals surface area contributed by atoms with Gasteiger partial charge in [-0.2, -0.15) is 4.99 Å². The number of benzene rings is 1. The summed E-state index contributed by atoms with van der Waals surface area (Å²) in [5.41, 5.74) is 6.18. The van der Waals surface area contributed by atoms with Gasteiger partial charge in [-0.3, -0.25) is 14.9 Å². The lowest BCUT2D eigenvalue weighted by Crippen LogP contribution is -2.14. The fraction of sp³-hybridized carbons (Fsp3) is 0.200. The normalized spacial score (nSPS) is 19.2. The van der Waals surface area contributed by atoms with E-state index in [1.807, 2.05) is 0 Å². The van der Waals surface area contributed by atoms with E-state index >= 15 is 0 Å². The van der Waals surface area contributed by atoms with Crippen LogP contribution in [0.25, 0.3) is 0 Å². The van der Waals surface area contributed by atoms with Gasteiger partial charge < -0.3 is 5.73 Å². The van der Waals surface area contributed by atoms with Gasteiger partial charge in [0, 0.05) is 12.1 Å². The fourth-order valence-corrected chi connectivity index (χ4v) is 2.41. The van der Waals surface area contributed by atoms with Crippen LogP contribution in [0.3, 0.4) is 0 Å². The molecule has 7 heteroatoms. The van der Waals surface area contributed by atoms with Gasteiger partial charge in [-0.15, -0.1) is 0 Å². The van der Waals surface area contributed by atoms with Crippen molar-refractivity contribution in [3.63, 3.8) is 0 Å². The second kappa shape index (κ2) is 4.54. The minimum absolute atomic E-state index is 0.0202. The lowest BCUT2D eigenvalue weighted by molar-refractivity contribution is -0.384. The molecule has 1 aromatic rings. The summed E-state index contributed by atoms with van der Waals surface area (Å²) in [4.78, 5) is 25.1. The molecule has 1 aliphatic heterocycles. The molecule has 88 valence electrons. The van der Waals surface area contributed by atoms with E-state index in [0.717, 1.165) is 5.56 Å². The maximum atomic E-state index is 11.4. The van der Waals surface area contributed by atoms with Crippen molar-refractivity contribution in [2.24, 2.45) is 10.7 Å². The van der Waals surface area contributed by atoms with Crippen LogP contribution in [0.1, 0.15) is 5.56 Å². The molecule has 0 bridgehead atoms. The van der Waals surface area contributed by atoms with Crippen LogP contribution in [0.15, 0.2) is 29.3 Å². The largest absolute Gasteiger partial charge is 0.378 e. The molecular formula is C10H9N3O3S. The van der Waals surface area contributed by atoms with E-state index in [1.165, 1.54) is 23.9 Å². The monoisotopic (exact) mass is 251 g/mol. The predicted molar refractivity (Wildman–Crippen MR) is 64.8 cm³/mol. The predicted octanol–water partition coefficient (Wildman–Crippen LogP) is 1.09. The SMILES string of the molecule is NC1=NC(=O)[C@H](Cc2cccc([N+](=O)[O-])c2)S1. The zero-order valence-electron chi connectivity index (χ0n) is 8.70. The van der Waals surface area contributed by atoms with E-state index in [1.54, 1.807) is 12.1 Å². The average Bonchev–Trinajstić information content (AvgIpc) is 2.58. The molecular weight excluding hydrogens is 242 g/mol. The number of carbonyl (C=O) groups is 1. The van der Waals surface area contributed by atoms with Crippen molar-refractivity contribution in [2.45, 2.75) is 11.7 Å². The molecule has 1 atom stereocenters. The molecule has 0 radical (unpaired) electrons. The lowest BCUT2D eigenvalue weighted by Gasteiger charge is -2.05. The highest BCUT2D eigenvalue weighted by atomic mass is 32.2. The summed E-state index contributed by atoms with van der Waals surface area (Å²) in [6.07, 6.45) is 0.398. The molecule has 0 aliphatic carbocycles. The first-order valence-corrected chi connectivity index (χ1v) is 5.72. The number of hydrogen-bond donors (Lipinski definition) is 1. The third-order valence-electron chi connectivity index (χ3n) is 2.30. The molecule has 1 heterocycles. The smallest absolute Gasteiger partial charge is 0.269 e. The maximum absolute atomic E-state index is 11.4. The van der Waals surface area contributed by atoms with Crippen LogP contribution in [-0.4, -0.2) is 21.2 Å². The van der Waals surface area contributed by atoms with Gasteiger partial charge in [-0.05, 0) is 12.0 Å². The average molecular weight is 251 g/mol. The number of nitrogens with zero attached hydrogens (tertiary/aromatic N) is 2. The van der Waals surface area contributed by atoms with Gasteiger partial charge in [-0.25, -0.2) is 0 Å². The number of rotatable bonds is 3. The van der Waals surface area contributed by atoms with Crippen molar-refractivity contribution in [3.05, 3.63) is 39.9 Å². The first-order chi connectivity index (χ1) is 8.06. The topological polar surface area (TPSA) is 98.6 Å². The van der Waals surface area contributed by atoms with Crippen LogP contribution in [-0.2, 0) is 11.2 Å². The van der Waals surface area contributed by atoms with Gasteiger partial charge >= 0.3 is 0 Å². The highest BCUT2D eigenvalue weighted by molar-refractivity contribution is 8.15. The maximum Gasteiger partial charge on any atom is 0.269 e. The van der Waals surface area contributed by atoms with Crippen LogP contribution in [0.2, 0.25) is 0 Å². The number of aliphatic imine (C=N–C) groups is 1. The van der Waals surface area contributed by atoms with Gasteiger partial charge in [0.2, 0.25) is 0 Å². The second-order valence-electron chi connectivity index (χ2n) is 3.53. The molecule has 0 unspecified atom stereocenters. The molecule has 0 aromatic heterocycles. The molecule has 1 amide bonds. The molecule has 17 heavy (non-hydrogen) atoms. The van der Waals surface area contributed by atoms with E-state index < -0.39 is 4.92 Å². The number of carbonyl (C=O) groups excluding carboxylic acids is 1. The van der Waals surface area contributed by atoms with Crippen molar-refractivity contribution in [3.8, 4) is 0 Å². The Bertz CT molecular complexity index is 515. The van der Waals surface area contributed by atoms with Crippen LogP contribution in [0, 0.1) is 10.1 Å². The third kappa shape index (κ3) is 2.62. The van der Waals surface area contributed by atoms with E-state index in [0.29, 0.717) is 6.42 Å². The number of thioether (sulfide) groups is 1. The number of non-ortho nitro benzene ring substituents is 1. The minimum Gasteiger partial charge on any atom is -0.378 e. The van der Waals surface area contributed by atoms with Gasteiger partial charge in [0.1, 0.15) is 0 Å². The zero-order chi connectivity index (χ0) is 12.4.